The number of carbonyl (C=O) groups is 1. The van der Waals surface area contributed by atoms with Gasteiger partial charge in [-0.05, 0) is 0 Å². The van der Waals surface area contributed by atoms with Gasteiger partial charge in [-0.3, -0.25) is 0 Å². The molecule has 0 bridgehead atoms. The van der Waals surface area contributed by atoms with E-state index < -0.39 is 12.0 Å². The van der Waals surface area contributed by atoms with E-state index in [1.54, 1.807) is 0 Å². The second-order valence-corrected chi connectivity index (χ2v) is 4.14. The van der Waals surface area contributed by atoms with Gasteiger partial charge in [-0.2, -0.15) is 0 Å². The van der Waals surface area contributed by atoms with Gasteiger partial charge in [0.2, 0.25) is 0 Å². The fraction of sp³-hybridized carbons (Fsp3) is 0.333. The Kier molecular flexibility index (Phi) is 3.97. The van der Waals surface area contributed by atoms with Gasteiger partial charge < -0.3 is 0 Å². The quantitative estimate of drug-likeness (QED) is 0.512. The monoisotopic (exact) mass is 256 g/mol. The molecule has 1 unspecified atom stereocenters. The van der Waals surface area contributed by atoms with Crippen LogP contribution in [0, 0.1) is 0 Å². The minimum absolute atomic E-state index is 0. The van der Waals surface area contributed by atoms with Crippen LogP contribution in [0.15, 0.2) is 5.07 Å². The Morgan fingerprint density at radius 2 is 2.58 bits per heavy atom. The van der Waals surface area contributed by atoms with Gasteiger partial charge in [0.05, 0.1) is 0 Å². The van der Waals surface area contributed by atoms with E-state index in [9.17, 15) is 9.90 Å². The Morgan fingerprint density at radius 3 is 3.17 bits per heavy atom. The van der Waals surface area contributed by atoms with Gasteiger partial charge in [0.1, 0.15) is 0 Å². The minimum Gasteiger partial charge on any atom is 1.00 e. The number of hydrogen-bond acceptors (Lipinski definition) is 4. The van der Waals surface area contributed by atoms with Crippen LogP contribution in [0.3, 0.4) is 0 Å². The molecule has 1 N–H and O–H groups in total. The molecule has 1 aromatic rings. The Morgan fingerprint density at radius 1 is 1.83 bits per heavy atom. The number of carboxylic acids is 1. The first-order valence-electron chi connectivity index (χ1n) is 3.17. The Labute approximate surface area is 118 Å². The van der Waals surface area contributed by atoms with E-state index >= 15 is 0 Å². The summed E-state index contributed by atoms with van der Waals surface area (Å²) in [5.41, 5.74) is 0.902. The van der Waals surface area contributed by atoms with Crippen LogP contribution in [-0.2, 0) is 11.2 Å². The van der Waals surface area contributed by atoms with Crippen LogP contribution in [0.25, 0.3) is 0 Å². The van der Waals surface area contributed by atoms with E-state index in [2.05, 4.69) is 10.3 Å². The molecule has 58 valence electrons. The van der Waals surface area contributed by atoms with Gasteiger partial charge in [0, 0.05) is 0 Å². The summed E-state index contributed by atoms with van der Waals surface area (Å²) >= 11 is 0.222. The maximum Gasteiger partial charge on any atom is 1.00 e. The molecule has 12 heavy (non-hydrogen) atoms. The smallest absolute Gasteiger partial charge is 1.00 e. The first-order valence-corrected chi connectivity index (χ1v) is 5.01. The molecule has 2 heterocycles. The first kappa shape index (κ1) is 10.9. The van der Waals surface area contributed by atoms with Crippen LogP contribution >= 0.6 is 0 Å². The summed E-state index contributed by atoms with van der Waals surface area (Å²) < 4.78 is 1.01. The second-order valence-electron chi connectivity index (χ2n) is 2.35. The molecule has 0 amide bonds. The molecular formula is C6H5KN2O2Se. The van der Waals surface area contributed by atoms with Crippen LogP contribution in [0.4, 0.5) is 4.56 Å². The molecule has 0 aliphatic carbocycles. The van der Waals surface area contributed by atoms with Crippen molar-refractivity contribution >= 4 is 25.0 Å². The largest absolute Gasteiger partial charge is 1.00 e. The third-order valence-corrected chi connectivity index (χ3v) is 3.31. The van der Waals surface area contributed by atoms with Crippen LogP contribution in [0.2, 0.25) is 0 Å². The van der Waals surface area contributed by atoms with E-state index in [0.29, 0.717) is 6.42 Å². The topological polar surface area (TPSA) is 65.0 Å². The van der Waals surface area contributed by atoms with Crippen LogP contribution in [-0.4, -0.2) is 31.5 Å². The fourth-order valence-corrected chi connectivity index (χ4v) is 2.69. The van der Waals surface area contributed by atoms with E-state index in [1.165, 1.54) is 0 Å². The number of rotatable bonds is 1. The molecule has 1 atom stereocenters. The Bertz CT molecular complexity index is 281. The van der Waals surface area contributed by atoms with E-state index in [0.717, 1.165) is 10.3 Å². The van der Waals surface area contributed by atoms with Crippen molar-refractivity contribution < 1.29 is 61.3 Å². The maximum absolute atomic E-state index is 10.4. The predicted molar refractivity (Wildman–Crippen MR) is 37.3 cm³/mol. The molecule has 6 heteroatoms. The molecule has 0 spiro atoms. The number of nitrogens with zero attached hydrogens (tertiary/aromatic N) is 1. The molecule has 0 aromatic carbocycles. The fourth-order valence-electron chi connectivity index (χ4n) is 1.08. The van der Waals surface area contributed by atoms with Crippen molar-refractivity contribution in [2.45, 2.75) is 12.5 Å². The van der Waals surface area contributed by atoms with Crippen molar-refractivity contribution in [2.24, 2.45) is 0 Å². The molecule has 1 aromatic heterocycles. The average molecular weight is 255 g/mol. The summed E-state index contributed by atoms with van der Waals surface area (Å²) in [5, 5.41) is 15.1. The Balaban J connectivity index is 0.000000720. The van der Waals surface area contributed by atoms with Crippen molar-refractivity contribution in [1.82, 2.24) is 4.98 Å². The summed E-state index contributed by atoms with van der Waals surface area (Å²) in [6.07, 6.45) is 0.482. The van der Waals surface area contributed by atoms with E-state index in [1.807, 2.05) is 5.07 Å². The summed E-state index contributed by atoms with van der Waals surface area (Å²) in [5.74, 6) is -1.04. The van der Waals surface area contributed by atoms with Gasteiger partial charge in [0.25, 0.3) is 0 Å². The van der Waals surface area contributed by atoms with Crippen LogP contribution < -0.4 is 61.8 Å². The SMILES string of the molecule is O=C([O-])C1Cc2nc[se]c2N1.[K+]. The zero-order valence-corrected chi connectivity index (χ0v) is 11.4. The molecule has 4 nitrogen and oxygen atoms in total. The summed E-state index contributed by atoms with van der Waals surface area (Å²) in [6, 6.07) is -0.542. The third-order valence-electron chi connectivity index (χ3n) is 1.63. The number of hydrogen-bond donors (Lipinski definition) is 1. The van der Waals surface area contributed by atoms with E-state index in [-0.39, 0.29) is 65.9 Å². The van der Waals surface area contributed by atoms with Crippen LogP contribution in [0.1, 0.15) is 5.69 Å². The standard InChI is InChI=1S/C6H6N2O2Se.K/c9-6(10)4-1-3-5(8-4)11-2-7-3;/h2,4,8H,1H2,(H,9,10);/q;+1/p-1. The van der Waals surface area contributed by atoms with Crippen molar-refractivity contribution in [3.63, 3.8) is 0 Å². The molecular weight excluding hydrogens is 250 g/mol. The maximum atomic E-state index is 10.4. The van der Waals surface area contributed by atoms with Gasteiger partial charge in [-0.1, -0.05) is 0 Å². The number of anilines is 1. The number of nitrogens with one attached hydrogen (secondary N) is 1. The van der Waals surface area contributed by atoms with Crippen molar-refractivity contribution in [3.8, 4) is 0 Å². The van der Waals surface area contributed by atoms with Crippen molar-refractivity contribution in [3.05, 3.63) is 10.8 Å². The Hall–Kier alpha value is 0.836. The molecule has 0 radical (unpaired) electrons. The van der Waals surface area contributed by atoms with Crippen molar-refractivity contribution in [2.75, 3.05) is 5.32 Å². The molecule has 0 saturated carbocycles. The average Bonchev–Trinajstić information content (AvgIpc) is 2.40. The van der Waals surface area contributed by atoms with Crippen molar-refractivity contribution in [1.29, 1.82) is 0 Å². The van der Waals surface area contributed by atoms with Gasteiger partial charge in [-0.15, -0.1) is 0 Å². The summed E-state index contributed by atoms with van der Waals surface area (Å²) in [7, 11) is 0. The zero-order chi connectivity index (χ0) is 7.84. The molecule has 0 saturated heterocycles. The van der Waals surface area contributed by atoms with E-state index in [4.69, 9.17) is 0 Å². The number of carboxylic acid groups (broad SMARTS) is 1. The summed E-state index contributed by atoms with van der Waals surface area (Å²) in [6.45, 7) is 0. The van der Waals surface area contributed by atoms with Crippen LogP contribution in [0.5, 0.6) is 0 Å². The second kappa shape index (κ2) is 4.37. The van der Waals surface area contributed by atoms with Gasteiger partial charge in [-0.25, -0.2) is 0 Å². The number of aliphatic carboxylic acids is 1. The molecule has 1 aliphatic heterocycles. The number of carbonyl (C=O) groups excluding carboxylic acids is 1. The normalized spacial score (nSPS) is 19.2. The van der Waals surface area contributed by atoms with Gasteiger partial charge in [0.15, 0.2) is 0 Å². The first-order chi connectivity index (χ1) is 5.27. The predicted octanol–water partition coefficient (Wildman–Crippen LogP) is -4.77. The number of aromatic nitrogens is 1. The molecule has 2 rings (SSSR count). The molecule has 0 fully saturated rings. The zero-order valence-electron chi connectivity index (χ0n) is 6.53. The third kappa shape index (κ3) is 2.01. The minimum atomic E-state index is -1.04. The van der Waals surface area contributed by atoms with Gasteiger partial charge >= 0.3 is 120 Å². The number of fused-ring (bicyclic) bond motifs is 1. The summed E-state index contributed by atoms with van der Waals surface area (Å²) in [4.78, 5) is 14.4. The molecule has 1 aliphatic rings.